The molecule has 2 aliphatic heterocycles. The van der Waals surface area contributed by atoms with Crippen LogP contribution in [0.15, 0.2) is 34.9 Å². The minimum Gasteiger partial charge on any atom is -0.444 e. The van der Waals surface area contributed by atoms with Gasteiger partial charge in [0, 0.05) is 39.3 Å². The SMILES string of the molecule is O=C(C1CCCO1)N1CCN(Cc2coc(-c3ccccc3F)n2)CC1. The fourth-order valence-electron chi connectivity index (χ4n) is 3.47. The first-order valence-electron chi connectivity index (χ1n) is 9.03. The van der Waals surface area contributed by atoms with E-state index in [4.69, 9.17) is 9.15 Å². The zero-order chi connectivity index (χ0) is 17.9. The summed E-state index contributed by atoms with van der Waals surface area (Å²) in [6, 6.07) is 6.44. The fraction of sp³-hybridized carbons (Fsp3) is 0.474. The molecule has 138 valence electrons. The average Bonchev–Trinajstić information content (AvgIpc) is 3.34. The highest BCUT2D eigenvalue weighted by molar-refractivity contribution is 5.81. The van der Waals surface area contributed by atoms with Crippen LogP contribution in [0, 0.1) is 5.82 Å². The Labute approximate surface area is 151 Å². The molecule has 1 aromatic heterocycles. The van der Waals surface area contributed by atoms with Crippen LogP contribution >= 0.6 is 0 Å². The van der Waals surface area contributed by atoms with Gasteiger partial charge >= 0.3 is 0 Å². The van der Waals surface area contributed by atoms with Gasteiger partial charge in [0.05, 0.1) is 11.3 Å². The Hall–Kier alpha value is -2.25. The second-order valence-electron chi connectivity index (χ2n) is 6.73. The van der Waals surface area contributed by atoms with Gasteiger partial charge in [0.2, 0.25) is 5.89 Å². The van der Waals surface area contributed by atoms with Crippen LogP contribution in [-0.2, 0) is 16.1 Å². The third-order valence-electron chi connectivity index (χ3n) is 4.93. The van der Waals surface area contributed by atoms with Crippen molar-refractivity contribution < 1.29 is 18.3 Å². The first kappa shape index (κ1) is 17.2. The zero-order valence-electron chi connectivity index (χ0n) is 14.6. The number of nitrogens with zero attached hydrogens (tertiary/aromatic N) is 3. The maximum absolute atomic E-state index is 13.8. The van der Waals surface area contributed by atoms with E-state index in [1.807, 2.05) is 4.90 Å². The van der Waals surface area contributed by atoms with Crippen molar-refractivity contribution in [2.45, 2.75) is 25.5 Å². The van der Waals surface area contributed by atoms with Crippen LogP contribution < -0.4 is 0 Å². The lowest BCUT2D eigenvalue weighted by Crippen LogP contribution is -2.51. The molecule has 0 N–H and O–H groups in total. The highest BCUT2D eigenvalue weighted by atomic mass is 19.1. The molecule has 1 amide bonds. The van der Waals surface area contributed by atoms with Crippen LogP contribution in [0.25, 0.3) is 11.5 Å². The number of carbonyl (C=O) groups is 1. The maximum Gasteiger partial charge on any atom is 0.251 e. The number of rotatable bonds is 4. The molecule has 0 radical (unpaired) electrons. The van der Waals surface area contributed by atoms with Crippen molar-refractivity contribution in [3.63, 3.8) is 0 Å². The molecule has 1 aromatic carbocycles. The molecule has 2 aromatic rings. The van der Waals surface area contributed by atoms with Gasteiger partial charge in [-0.2, -0.15) is 0 Å². The van der Waals surface area contributed by atoms with E-state index in [9.17, 15) is 9.18 Å². The Balaban J connectivity index is 1.32. The van der Waals surface area contributed by atoms with Crippen molar-refractivity contribution in [2.24, 2.45) is 0 Å². The first-order chi connectivity index (χ1) is 12.7. The molecule has 7 heteroatoms. The number of piperazine rings is 1. The molecule has 0 bridgehead atoms. The molecule has 26 heavy (non-hydrogen) atoms. The van der Waals surface area contributed by atoms with E-state index in [1.165, 1.54) is 6.07 Å². The van der Waals surface area contributed by atoms with Gasteiger partial charge in [0.1, 0.15) is 18.2 Å². The molecule has 1 unspecified atom stereocenters. The van der Waals surface area contributed by atoms with Gasteiger partial charge < -0.3 is 14.1 Å². The van der Waals surface area contributed by atoms with E-state index in [2.05, 4.69) is 9.88 Å². The van der Waals surface area contributed by atoms with Crippen molar-refractivity contribution in [1.29, 1.82) is 0 Å². The van der Waals surface area contributed by atoms with Crippen LogP contribution in [0.1, 0.15) is 18.5 Å². The van der Waals surface area contributed by atoms with Gasteiger partial charge in [0.15, 0.2) is 0 Å². The Morgan fingerprint density at radius 3 is 2.77 bits per heavy atom. The standard InChI is InChI=1S/C19H22FN3O3/c20-16-5-2-1-4-15(16)18-21-14(13-26-18)12-22-7-9-23(10-8-22)19(24)17-6-3-11-25-17/h1-2,4-5,13,17H,3,6-12H2. The summed E-state index contributed by atoms with van der Waals surface area (Å²) in [4.78, 5) is 20.9. The largest absolute Gasteiger partial charge is 0.444 e. The summed E-state index contributed by atoms with van der Waals surface area (Å²) >= 11 is 0. The highest BCUT2D eigenvalue weighted by Crippen LogP contribution is 2.22. The molecule has 1 atom stereocenters. The third kappa shape index (κ3) is 3.64. The molecule has 2 saturated heterocycles. The summed E-state index contributed by atoms with van der Waals surface area (Å²) in [6.07, 6.45) is 3.12. The van der Waals surface area contributed by atoms with Gasteiger partial charge in [-0.15, -0.1) is 0 Å². The van der Waals surface area contributed by atoms with Crippen molar-refractivity contribution in [2.75, 3.05) is 32.8 Å². The molecular weight excluding hydrogens is 337 g/mol. The zero-order valence-corrected chi connectivity index (χ0v) is 14.6. The molecule has 2 aliphatic rings. The highest BCUT2D eigenvalue weighted by Gasteiger charge is 2.30. The monoisotopic (exact) mass is 359 g/mol. The number of halogens is 1. The first-order valence-corrected chi connectivity index (χ1v) is 9.03. The lowest BCUT2D eigenvalue weighted by molar-refractivity contribution is -0.142. The van der Waals surface area contributed by atoms with Gasteiger partial charge in [-0.1, -0.05) is 12.1 Å². The van der Waals surface area contributed by atoms with Crippen LogP contribution in [-0.4, -0.2) is 59.6 Å². The van der Waals surface area contributed by atoms with Crippen LogP contribution in [0.3, 0.4) is 0 Å². The summed E-state index contributed by atoms with van der Waals surface area (Å²) in [5.41, 5.74) is 1.13. The fourth-order valence-corrected chi connectivity index (χ4v) is 3.47. The predicted octanol–water partition coefficient (Wildman–Crippen LogP) is 2.30. The topological polar surface area (TPSA) is 58.8 Å². The molecule has 0 aliphatic carbocycles. The quantitative estimate of drug-likeness (QED) is 0.838. The van der Waals surface area contributed by atoms with Crippen LogP contribution in [0.2, 0.25) is 0 Å². The lowest BCUT2D eigenvalue weighted by Gasteiger charge is -2.35. The second-order valence-corrected chi connectivity index (χ2v) is 6.73. The number of amides is 1. The number of hydrogen-bond acceptors (Lipinski definition) is 5. The number of aromatic nitrogens is 1. The third-order valence-corrected chi connectivity index (χ3v) is 4.93. The summed E-state index contributed by atoms with van der Waals surface area (Å²) in [5, 5.41) is 0. The number of hydrogen-bond donors (Lipinski definition) is 0. The van der Waals surface area contributed by atoms with E-state index < -0.39 is 0 Å². The minimum atomic E-state index is -0.345. The van der Waals surface area contributed by atoms with E-state index >= 15 is 0 Å². The molecule has 0 spiro atoms. The predicted molar refractivity (Wildman–Crippen MR) is 92.7 cm³/mol. The van der Waals surface area contributed by atoms with E-state index in [1.54, 1.807) is 24.5 Å². The summed E-state index contributed by atoms with van der Waals surface area (Å²) in [6.45, 7) is 4.25. The van der Waals surface area contributed by atoms with Gasteiger partial charge in [-0.05, 0) is 25.0 Å². The Bertz CT molecular complexity index is 765. The number of carbonyl (C=O) groups excluding carboxylic acids is 1. The Morgan fingerprint density at radius 2 is 2.04 bits per heavy atom. The molecule has 2 fully saturated rings. The average molecular weight is 359 g/mol. The Morgan fingerprint density at radius 1 is 1.23 bits per heavy atom. The van der Waals surface area contributed by atoms with Crippen molar-refractivity contribution in [1.82, 2.24) is 14.8 Å². The van der Waals surface area contributed by atoms with Crippen LogP contribution in [0.4, 0.5) is 4.39 Å². The summed E-state index contributed by atoms with van der Waals surface area (Å²) < 4.78 is 24.8. The number of ether oxygens (including phenoxy) is 1. The van der Waals surface area contributed by atoms with E-state index in [0.29, 0.717) is 37.7 Å². The maximum atomic E-state index is 13.8. The van der Waals surface area contributed by atoms with Gasteiger partial charge in [-0.3, -0.25) is 9.69 Å². The van der Waals surface area contributed by atoms with Gasteiger partial charge in [0.25, 0.3) is 5.91 Å². The Kier molecular flexibility index (Phi) is 4.99. The van der Waals surface area contributed by atoms with E-state index in [-0.39, 0.29) is 17.8 Å². The molecule has 4 rings (SSSR count). The van der Waals surface area contributed by atoms with E-state index in [0.717, 1.165) is 31.6 Å². The minimum absolute atomic E-state index is 0.116. The number of oxazole rings is 1. The van der Waals surface area contributed by atoms with Gasteiger partial charge in [-0.25, -0.2) is 9.37 Å². The summed E-state index contributed by atoms with van der Waals surface area (Å²) in [5.74, 6) is 0.0675. The molecule has 3 heterocycles. The molecular formula is C19H22FN3O3. The van der Waals surface area contributed by atoms with Crippen molar-refractivity contribution in [3.8, 4) is 11.5 Å². The van der Waals surface area contributed by atoms with Crippen molar-refractivity contribution >= 4 is 5.91 Å². The normalized spacial score (nSPS) is 21.3. The number of benzene rings is 1. The smallest absolute Gasteiger partial charge is 0.251 e. The second kappa shape index (κ2) is 7.55. The molecule has 0 saturated carbocycles. The van der Waals surface area contributed by atoms with Crippen molar-refractivity contribution in [3.05, 3.63) is 42.0 Å². The van der Waals surface area contributed by atoms with Crippen LogP contribution in [0.5, 0.6) is 0 Å². The molecule has 6 nitrogen and oxygen atoms in total. The lowest BCUT2D eigenvalue weighted by atomic mass is 10.2. The summed E-state index contributed by atoms with van der Waals surface area (Å²) in [7, 11) is 0.